The summed E-state index contributed by atoms with van der Waals surface area (Å²) < 4.78 is 27.3. The first kappa shape index (κ1) is 12.2. The molecule has 0 radical (unpaired) electrons. The Morgan fingerprint density at radius 1 is 1.12 bits per heavy atom. The van der Waals surface area contributed by atoms with Crippen molar-refractivity contribution in [2.45, 2.75) is 38.5 Å². The quantitative estimate of drug-likeness (QED) is 0.710. The third-order valence-electron chi connectivity index (χ3n) is 3.72. The molecular weight excluding hydrogens is 222 g/mol. The van der Waals surface area contributed by atoms with E-state index >= 15 is 0 Å². The smallest absolute Gasteiger partial charge is 0.169 e. The van der Waals surface area contributed by atoms with Crippen LogP contribution in [0.3, 0.4) is 0 Å². The summed E-state index contributed by atoms with van der Waals surface area (Å²) in [6.07, 6.45) is 4.27. The molecule has 0 aliphatic heterocycles. The Labute approximate surface area is 99.8 Å². The summed E-state index contributed by atoms with van der Waals surface area (Å²) in [5, 5.41) is 0. The molecule has 0 spiro atoms. The van der Waals surface area contributed by atoms with E-state index in [1.54, 1.807) is 6.07 Å². The van der Waals surface area contributed by atoms with Gasteiger partial charge in [-0.2, -0.15) is 0 Å². The Kier molecular flexibility index (Phi) is 3.55. The first-order valence-electron chi connectivity index (χ1n) is 6.06. The zero-order valence-electron chi connectivity index (χ0n) is 9.88. The first-order valence-corrected chi connectivity index (χ1v) is 6.06. The summed E-state index contributed by atoms with van der Waals surface area (Å²) in [4.78, 5) is 10.5. The van der Waals surface area contributed by atoms with E-state index in [4.69, 9.17) is 0 Å². The zero-order chi connectivity index (χ0) is 12.4. The monoisotopic (exact) mass is 238 g/mol. The number of benzene rings is 1. The van der Waals surface area contributed by atoms with Gasteiger partial charge in [-0.25, -0.2) is 8.78 Å². The summed E-state index contributed by atoms with van der Waals surface area (Å²) in [7, 11) is 0. The van der Waals surface area contributed by atoms with Crippen molar-refractivity contribution in [3.05, 3.63) is 34.9 Å². The molecule has 1 aromatic carbocycles. The average Bonchev–Trinajstić information content (AvgIpc) is 2.34. The molecule has 1 nitrogen and oxygen atoms in total. The third-order valence-corrected chi connectivity index (χ3v) is 3.72. The molecule has 2 rings (SSSR count). The number of carbonyl (C=O) groups is 1. The Hall–Kier alpha value is -1.25. The molecule has 0 amide bonds. The number of aldehydes is 1. The minimum atomic E-state index is -1.00. The van der Waals surface area contributed by atoms with Crippen LogP contribution in [0.2, 0.25) is 0 Å². The molecule has 1 saturated carbocycles. The fourth-order valence-electron chi connectivity index (χ4n) is 2.56. The fraction of sp³-hybridized carbons (Fsp3) is 0.500. The molecule has 0 heterocycles. The van der Waals surface area contributed by atoms with Gasteiger partial charge in [0.1, 0.15) is 0 Å². The SMILES string of the molecule is CC1CCC(c2ccc(C=O)c(F)c2F)CC1. The van der Waals surface area contributed by atoms with Crippen LogP contribution >= 0.6 is 0 Å². The molecule has 92 valence electrons. The van der Waals surface area contributed by atoms with Crippen molar-refractivity contribution in [2.75, 3.05) is 0 Å². The lowest BCUT2D eigenvalue weighted by Gasteiger charge is -2.26. The van der Waals surface area contributed by atoms with Gasteiger partial charge in [-0.05, 0) is 36.3 Å². The third kappa shape index (κ3) is 2.38. The van der Waals surface area contributed by atoms with Crippen molar-refractivity contribution in [1.82, 2.24) is 0 Å². The summed E-state index contributed by atoms with van der Waals surface area (Å²) in [6.45, 7) is 2.18. The predicted octanol–water partition coefficient (Wildman–Crippen LogP) is 4.07. The van der Waals surface area contributed by atoms with Gasteiger partial charge < -0.3 is 0 Å². The Morgan fingerprint density at radius 2 is 1.76 bits per heavy atom. The van der Waals surface area contributed by atoms with Gasteiger partial charge in [-0.1, -0.05) is 25.8 Å². The van der Waals surface area contributed by atoms with Gasteiger partial charge in [-0.3, -0.25) is 4.79 Å². The number of halogens is 2. The van der Waals surface area contributed by atoms with Crippen molar-refractivity contribution in [3.63, 3.8) is 0 Å². The molecule has 1 aliphatic rings. The zero-order valence-corrected chi connectivity index (χ0v) is 9.88. The van der Waals surface area contributed by atoms with Crippen LogP contribution in [0.25, 0.3) is 0 Å². The topological polar surface area (TPSA) is 17.1 Å². The van der Waals surface area contributed by atoms with E-state index in [-0.39, 0.29) is 11.5 Å². The van der Waals surface area contributed by atoms with Crippen LogP contribution < -0.4 is 0 Å². The van der Waals surface area contributed by atoms with E-state index in [1.807, 2.05) is 0 Å². The summed E-state index contributed by atoms with van der Waals surface area (Å²) in [6, 6.07) is 2.93. The molecule has 17 heavy (non-hydrogen) atoms. The molecular formula is C14H16F2O. The van der Waals surface area contributed by atoms with Crippen molar-refractivity contribution in [3.8, 4) is 0 Å². The van der Waals surface area contributed by atoms with Crippen molar-refractivity contribution in [2.24, 2.45) is 5.92 Å². The standard InChI is InChI=1S/C14H16F2O/c1-9-2-4-10(5-3-9)12-7-6-11(8-17)13(15)14(12)16/h6-10H,2-5H2,1H3. The molecule has 0 unspecified atom stereocenters. The minimum absolute atomic E-state index is 0.0985. The van der Waals surface area contributed by atoms with E-state index in [2.05, 4.69) is 6.92 Å². The van der Waals surface area contributed by atoms with E-state index in [1.165, 1.54) is 6.07 Å². The second-order valence-electron chi connectivity index (χ2n) is 4.95. The van der Waals surface area contributed by atoms with Crippen LogP contribution in [0.1, 0.15) is 54.4 Å². The normalized spacial score (nSPS) is 24.6. The number of hydrogen-bond acceptors (Lipinski definition) is 1. The lowest BCUT2D eigenvalue weighted by molar-refractivity contribution is 0.111. The molecule has 1 fully saturated rings. The molecule has 1 aliphatic carbocycles. The van der Waals surface area contributed by atoms with Gasteiger partial charge in [0.15, 0.2) is 17.9 Å². The molecule has 1 aromatic rings. The van der Waals surface area contributed by atoms with Gasteiger partial charge in [0.05, 0.1) is 5.56 Å². The molecule has 3 heteroatoms. The molecule has 0 atom stereocenters. The highest BCUT2D eigenvalue weighted by molar-refractivity contribution is 5.75. The van der Waals surface area contributed by atoms with Gasteiger partial charge >= 0.3 is 0 Å². The summed E-state index contributed by atoms with van der Waals surface area (Å²) in [5.74, 6) is -1.07. The Morgan fingerprint density at radius 3 is 2.35 bits per heavy atom. The molecule has 0 saturated heterocycles. The van der Waals surface area contributed by atoms with E-state index < -0.39 is 11.6 Å². The number of hydrogen-bond donors (Lipinski definition) is 0. The van der Waals surface area contributed by atoms with Crippen LogP contribution in [0.5, 0.6) is 0 Å². The molecule has 0 aromatic heterocycles. The largest absolute Gasteiger partial charge is 0.298 e. The maximum absolute atomic E-state index is 13.8. The predicted molar refractivity (Wildman–Crippen MR) is 62.1 cm³/mol. The maximum Gasteiger partial charge on any atom is 0.169 e. The van der Waals surface area contributed by atoms with Crippen LogP contribution in [-0.2, 0) is 0 Å². The minimum Gasteiger partial charge on any atom is -0.298 e. The van der Waals surface area contributed by atoms with Crippen molar-refractivity contribution < 1.29 is 13.6 Å². The van der Waals surface area contributed by atoms with Gasteiger partial charge in [0.2, 0.25) is 0 Å². The van der Waals surface area contributed by atoms with Crippen LogP contribution in [0.15, 0.2) is 12.1 Å². The highest BCUT2D eigenvalue weighted by Crippen LogP contribution is 2.37. The first-order chi connectivity index (χ1) is 8.13. The van der Waals surface area contributed by atoms with Crippen LogP contribution in [0, 0.1) is 17.6 Å². The van der Waals surface area contributed by atoms with Crippen molar-refractivity contribution >= 4 is 6.29 Å². The Balaban J connectivity index is 2.27. The summed E-state index contributed by atoms with van der Waals surface area (Å²) >= 11 is 0. The Bertz CT molecular complexity index is 420. The molecule has 0 bridgehead atoms. The van der Waals surface area contributed by atoms with Crippen LogP contribution in [0.4, 0.5) is 8.78 Å². The fourth-order valence-corrected chi connectivity index (χ4v) is 2.56. The van der Waals surface area contributed by atoms with E-state index in [0.29, 0.717) is 17.8 Å². The second-order valence-corrected chi connectivity index (χ2v) is 4.95. The lowest BCUT2D eigenvalue weighted by atomic mass is 9.79. The average molecular weight is 238 g/mol. The lowest BCUT2D eigenvalue weighted by Crippen LogP contribution is -2.13. The second kappa shape index (κ2) is 4.94. The highest BCUT2D eigenvalue weighted by Gasteiger charge is 2.24. The number of carbonyl (C=O) groups excluding carboxylic acids is 1. The van der Waals surface area contributed by atoms with Crippen molar-refractivity contribution in [1.29, 1.82) is 0 Å². The van der Waals surface area contributed by atoms with E-state index in [9.17, 15) is 13.6 Å². The molecule has 0 N–H and O–H groups in total. The number of rotatable bonds is 2. The van der Waals surface area contributed by atoms with Gasteiger partial charge in [-0.15, -0.1) is 0 Å². The highest BCUT2D eigenvalue weighted by atomic mass is 19.2. The maximum atomic E-state index is 13.8. The van der Waals surface area contributed by atoms with Gasteiger partial charge in [0.25, 0.3) is 0 Å². The van der Waals surface area contributed by atoms with E-state index in [0.717, 1.165) is 25.7 Å². The van der Waals surface area contributed by atoms with Gasteiger partial charge in [0, 0.05) is 0 Å². The van der Waals surface area contributed by atoms with Crippen LogP contribution in [-0.4, -0.2) is 6.29 Å². The summed E-state index contributed by atoms with van der Waals surface area (Å²) in [5.41, 5.74) is 0.232.